The third kappa shape index (κ3) is 7.70. The fourth-order valence-electron chi connectivity index (χ4n) is 3.24. The normalized spacial score (nSPS) is 20.3. The maximum Gasteiger partial charge on any atom is 0.146 e. The highest BCUT2D eigenvalue weighted by Crippen LogP contribution is 2.40. The summed E-state index contributed by atoms with van der Waals surface area (Å²) < 4.78 is 0. The Morgan fingerprint density at radius 3 is 2.50 bits per heavy atom. The van der Waals surface area contributed by atoms with Crippen LogP contribution in [0, 0.1) is 5.41 Å². The van der Waals surface area contributed by atoms with E-state index in [1.165, 1.54) is 41.6 Å². The van der Waals surface area contributed by atoms with Gasteiger partial charge in [-0.1, -0.05) is 67.0 Å². The molecular weight excluding hydrogens is 318 g/mol. The van der Waals surface area contributed by atoms with Crippen molar-refractivity contribution in [3.8, 4) is 0 Å². The van der Waals surface area contributed by atoms with E-state index in [1.807, 2.05) is 6.92 Å². The Morgan fingerprint density at radius 2 is 1.88 bits per heavy atom. The van der Waals surface area contributed by atoms with Gasteiger partial charge in [0.25, 0.3) is 0 Å². The number of ketones is 1. The molecule has 0 aliphatic heterocycles. The fourth-order valence-corrected chi connectivity index (χ4v) is 3.24. The summed E-state index contributed by atoms with van der Waals surface area (Å²) in [5.74, 6) is 0.170. The van der Waals surface area contributed by atoms with E-state index in [9.17, 15) is 4.79 Å². The maximum atomic E-state index is 11.2. The summed E-state index contributed by atoms with van der Waals surface area (Å²) in [5, 5.41) is 3.19. The molecule has 1 aliphatic rings. The second-order valence-corrected chi connectivity index (χ2v) is 8.22. The molecular formula is C24H37NO. The molecule has 2 heteroatoms. The van der Waals surface area contributed by atoms with Gasteiger partial charge in [0, 0.05) is 6.54 Å². The molecule has 0 saturated carbocycles. The predicted octanol–water partition coefficient (Wildman–Crippen LogP) is 6.09. The standard InChI is InChI=1S/C24H37NO/c1-18(13-14-23-20(3)12-9-16-24(23,6)7)10-8-11-19(2)15-17-25-21(4)22(5)26/h8,10-11,13-15,21,25H,9,12,16-17H2,1-7H3. The SMILES string of the molecule is CC(=O)C(C)NCC=C(C)C=CC=C(C)C=CC1=C(C)CCCC1(C)C. The van der Waals surface area contributed by atoms with Gasteiger partial charge in [0.15, 0.2) is 0 Å². The fraction of sp³-hybridized carbons (Fsp3) is 0.542. The molecule has 1 atom stereocenters. The number of carbonyl (C=O) groups is 1. The summed E-state index contributed by atoms with van der Waals surface area (Å²) in [5.41, 5.74) is 5.76. The van der Waals surface area contributed by atoms with E-state index in [-0.39, 0.29) is 17.2 Å². The van der Waals surface area contributed by atoms with Crippen molar-refractivity contribution in [3.05, 3.63) is 58.7 Å². The Kier molecular flexibility index (Phi) is 9.01. The molecule has 0 amide bonds. The van der Waals surface area contributed by atoms with E-state index >= 15 is 0 Å². The zero-order valence-electron chi connectivity index (χ0n) is 17.8. The Bertz CT molecular complexity index is 641. The molecule has 144 valence electrons. The van der Waals surface area contributed by atoms with Crippen molar-refractivity contribution in [1.29, 1.82) is 0 Å². The molecule has 0 aromatic carbocycles. The highest BCUT2D eigenvalue weighted by molar-refractivity contribution is 5.80. The lowest BCUT2D eigenvalue weighted by molar-refractivity contribution is -0.118. The number of hydrogen-bond acceptors (Lipinski definition) is 2. The zero-order valence-corrected chi connectivity index (χ0v) is 17.8. The lowest BCUT2D eigenvalue weighted by atomic mass is 9.72. The van der Waals surface area contributed by atoms with Gasteiger partial charge in [-0.2, -0.15) is 0 Å². The molecule has 0 aromatic heterocycles. The summed E-state index contributed by atoms with van der Waals surface area (Å²) in [6.45, 7) is 15.4. The Balaban J connectivity index is 2.62. The third-order valence-electron chi connectivity index (χ3n) is 5.23. The smallest absolute Gasteiger partial charge is 0.146 e. The lowest BCUT2D eigenvalue weighted by Crippen LogP contribution is -2.32. The molecule has 0 spiro atoms. The van der Waals surface area contributed by atoms with Crippen molar-refractivity contribution < 1.29 is 4.79 Å². The highest BCUT2D eigenvalue weighted by Gasteiger charge is 2.26. The Morgan fingerprint density at radius 1 is 1.19 bits per heavy atom. The first-order valence-electron chi connectivity index (χ1n) is 9.77. The van der Waals surface area contributed by atoms with Gasteiger partial charge in [-0.05, 0) is 64.9 Å². The van der Waals surface area contributed by atoms with Crippen LogP contribution in [0.3, 0.4) is 0 Å². The molecule has 0 fully saturated rings. The number of nitrogens with one attached hydrogen (secondary N) is 1. The van der Waals surface area contributed by atoms with Crippen LogP contribution in [0.25, 0.3) is 0 Å². The van der Waals surface area contributed by atoms with Gasteiger partial charge in [0.2, 0.25) is 0 Å². The molecule has 0 radical (unpaired) electrons. The van der Waals surface area contributed by atoms with Crippen LogP contribution in [0.2, 0.25) is 0 Å². The molecule has 0 heterocycles. The van der Waals surface area contributed by atoms with Gasteiger partial charge in [-0.3, -0.25) is 4.79 Å². The topological polar surface area (TPSA) is 29.1 Å². The van der Waals surface area contributed by atoms with Crippen LogP contribution < -0.4 is 5.32 Å². The van der Waals surface area contributed by atoms with Crippen LogP contribution in [0.15, 0.2) is 58.7 Å². The van der Waals surface area contributed by atoms with Crippen LogP contribution in [0.5, 0.6) is 0 Å². The van der Waals surface area contributed by atoms with E-state index in [0.29, 0.717) is 6.54 Å². The third-order valence-corrected chi connectivity index (χ3v) is 5.23. The predicted molar refractivity (Wildman–Crippen MR) is 114 cm³/mol. The molecule has 26 heavy (non-hydrogen) atoms. The Labute approximate surface area is 160 Å². The van der Waals surface area contributed by atoms with E-state index < -0.39 is 0 Å². The number of Topliss-reactive ketones (excluding diaryl/α,β-unsaturated/α-hetero) is 1. The average molecular weight is 356 g/mol. The van der Waals surface area contributed by atoms with Gasteiger partial charge in [-0.15, -0.1) is 0 Å². The summed E-state index contributed by atoms with van der Waals surface area (Å²) in [6, 6.07) is -0.0860. The summed E-state index contributed by atoms with van der Waals surface area (Å²) in [7, 11) is 0. The number of rotatable bonds is 8. The van der Waals surface area contributed by atoms with E-state index in [4.69, 9.17) is 0 Å². The second-order valence-electron chi connectivity index (χ2n) is 8.22. The zero-order chi connectivity index (χ0) is 19.7. The van der Waals surface area contributed by atoms with Gasteiger partial charge in [-0.25, -0.2) is 0 Å². The number of allylic oxidation sites excluding steroid dienone is 9. The lowest BCUT2D eigenvalue weighted by Gasteiger charge is -2.32. The minimum Gasteiger partial charge on any atom is -0.304 e. The van der Waals surface area contributed by atoms with Crippen molar-refractivity contribution in [2.75, 3.05) is 6.54 Å². The quantitative estimate of drug-likeness (QED) is 0.534. The minimum absolute atomic E-state index is 0.0860. The largest absolute Gasteiger partial charge is 0.304 e. The van der Waals surface area contributed by atoms with Crippen LogP contribution in [-0.2, 0) is 4.79 Å². The van der Waals surface area contributed by atoms with E-state index in [2.05, 4.69) is 76.4 Å². The summed E-state index contributed by atoms with van der Waals surface area (Å²) in [4.78, 5) is 11.2. The first-order chi connectivity index (χ1) is 12.1. The van der Waals surface area contributed by atoms with E-state index in [1.54, 1.807) is 6.92 Å². The minimum atomic E-state index is -0.0860. The molecule has 1 aliphatic carbocycles. The van der Waals surface area contributed by atoms with Gasteiger partial charge >= 0.3 is 0 Å². The monoisotopic (exact) mass is 355 g/mol. The number of hydrogen-bond donors (Lipinski definition) is 1. The first kappa shape index (κ1) is 22.4. The molecule has 2 nitrogen and oxygen atoms in total. The van der Waals surface area contributed by atoms with Crippen LogP contribution >= 0.6 is 0 Å². The molecule has 1 rings (SSSR count). The molecule has 0 saturated heterocycles. The van der Waals surface area contributed by atoms with Crippen molar-refractivity contribution in [1.82, 2.24) is 5.32 Å². The van der Waals surface area contributed by atoms with Crippen molar-refractivity contribution in [2.24, 2.45) is 5.41 Å². The average Bonchev–Trinajstić information content (AvgIpc) is 2.53. The molecule has 1 N–H and O–H groups in total. The highest BCUT2D eigenvalue weighted by atomic mass is 16.1. The van der Waals surface area contributed by atoms with Gasteiger partial charge in [0.05, 0.1) is 6.04 Å². The van der Waals surface area contributed by atoms with Crippen LogP contribution in [-0.4, -0.2) is 18.4 Å². The van der Waals surface area contributed by atoms with Crippen molar-refractivity contribution in [2.45, 2.75) is 73.8 Å². The summed E-state index contributed by atoms with van der Waals surface area (Å²) >= 11 is 0. The first-order valence-corrected chi connectivity index (χ1v) is 9.77. The molecule has 1 unspecified atom stereocenters. The van der Waals surface area contributed by atoms with E-state index in [0.717, 1.165) is 0 Å². The van der Waals surface area contributed by atoms with Crippen molar-refractivity contribution in [3.63, 3.8) is 0 Å². The van der Waals surface area contributed by atoms with Crippen molar-refractivity contribution >= 4 is 5.78 Å². The number of carbonyl (C=O) groups excluding carboxylic acids is 1. The van der Waals surface area contributed by atoms with Crippen LogP contribution in [0.1, 0.15) is 67.7 Å². The second kappa shape index (κ2) is 10.5. The Hall–Kier alpha value is -1.67. The molecule has 0 aromatic rings. The van der Waals surface area contributed by atoms with Gasteiger partial charge in [0.1, 0.15) is 5.78 Å². The van der Waals surface area contributed by atoms with Crippen LogP contribution in [0.4, 0.5) is 0 Å². The molecule has 0 bridgehead atoms. The summed E-state index contributed by atoms with van der Waals surface area (Å²) in [6.07, 6.45) is 16.8. The van der Waals surface area contributed by atoms with Gasteiger partial charge < -0.3 is 5.32 Å². The maximum absolute atomic E-state index is 11.2.